The molecule has 0 heterocycles. The van der Waals surface area contributed by atoms with E-state index in [-0.39, 0.29) is 26.8 Å². The SMILES string of the molecule is CC1(NC(=O)Nc2c(Cl)cc(Cl)cc2C(=O)O)CC1. The predicted octanol–water partition coefficient (Wildman–Crippen LogP) is 3.37. The first-order valence-electron chi connectivity index (χ1n) is 5.62. The van der Waals surface area contributed by atoms with Gasteiger partial charge in [-0.15, -0.1) is 0 Å². The second-order valence-electron chi connectivity index (χ2n) is 4.76. The van der Waals surface area contributed by atoms with Crippen LogP contribution in [0.3, 0.4) is 0 Å². The third-order valence-corrected chi connectivity index (χ3v) is 3.46. The number of rotatable bonds is 3. The van der Waals surface area contributed by atoms with Crippen molar-refractivity contribution in [1.29, 1.82) is 0 Å². The number of carboxylic acids is 1. The molecule has 0 spiro atoms. The van der Waals surface area contributed by atoms with Crippen molar-refractivity contribution in [3.8, 4) is 0 Å². The van der Waals surface area contributed by atoms with Crippen molar-refractivity contribution >= 4 is 40.9 Å². The molecule has 102 valence electrons. The van der Waals surface area contributed by atoms with Crippen molar-refractivity contribution < 1.29 is 14.7 Å². The normalized spacial score (nSPS) is 15.7. The van der Waals surface area contributed by atoms with Crippen LogP contribution in [0.2, 0.25) is 10.0 Å². The molecule has 1 aliphatic rings. The fraction of sp³-hybridized carbons (Fsp3) is 0.333. The fourth-order valence-corrected chi connectivity index (χ4v) is 2.14. The molecule has 0 aliphatic heterocycles. The minimum Gasteiger partial charge on any atom is -0.478 e. The minimum absolute atomic E-state index is 0.0420. The summed E-state index contributed by atoms with van der Waals surface area (Å²) in [7, 11) is 0. The van der Waals surface area contributed by atoms with Gasteiger partial charge in [0.2, 0.25) is 0 Å². The van der Waals surface area contributed by atoms with E-state index >= 15 is 0 Å². The Morgan fingerprint density at radius 2 is 1.95 bits per heavy atom. The molecule has 0 atom stereocenters. The quantitative estimate of drug-likeness (QED) is 0.801. The zero-order chi connectivity index (χ0) is 14.2. The molecule has 1 aromatic carbocycles. The standard InChI is InChI=1S/C12H12Cl2N2O3/c1-12(2-3-12)16-11(19)15-9-7(10(17)18)4-6(13)5-8(9)14/h4-5H,2-3H2,1H3,(H,17,18)(H2,15,16,19). The van der Waals surface area contributed by atoms with Crippen LogP contribution in [0, 0.1) is 0 Å². The summed E-state index contributed by atoms with van der Waals surface area (Å²) in [5.41, 5.74) is -0.305. The minimum atomic E-state index is -1.21. The number of halogens is 2. The molecule has 2 amide bonds. The lowest BCUT2D eigenvalue weighted by Gasteiger charge is -2.15. The highest BCUT2D eigenvalue weighted by atomic mass is 35.5. The molecule has 3 N–H and O–H groups in total. The number of carbonyl (C=O) groups is 2. The van der Waals surface area contributed by atoms with Gasteiger partial charge < -0.3 is 15.7 Å². The van der Waals surface area contributed by atoms with E-state index in [0.29, 0.717) is 0 Å². The number of benzene rings is 1. The van der Waals surface area contributed by atoms with Gasteiger partial charge in [0.1, 0.15) is 0 Å². The molecule has 1 aromatic rings. The molecule has 0 radical (unpaired) electrons. The molecule has 0 saturated heterocycles. The number of anilines is 1. The van der Waals surface area contributed by atoms with Gasteiger partial charge in [0.15, 0.2) is 0 Å². The van der Waals surface area contributed by atoms with Gasteiger partial charge in [-0.1, -0.05) is 23.2 Å². The maximum absolute atomic E-state index is 11.8. The Kier molecular flexibility index (Phi) is 3.60. The average Bonchev–Trinajstić information content (AvgIpc) is 2.99. The molecular weight excluding hydrogens is 291 g/mol. The highest BCUT2D eigenvalue weighted by Gasteiger charge is 2.38. The number of urea groups is 1. The van der Waals surface area contributed by atoms with Crippen LogP contribution in [-0.2, 0) is 0 Å². The van der Waals surface area contributed by atoms with E-state index in [4.69, 9.17) is 28.3 Å². The largest absolute Gasteiger partial charge is 0.478 e. The van der Waals surface area contributed by atoms with Gasteiger partial charge in [-0.3, -0.25) is 0 Å². The second kappa shape index (κ2) is 4.90. The fourth-order valence-electron chi connectivity index (χ4n) is 1.60. The molecule has 0 unspecified atom stereocenters. The first-order chi connectivity index (χ1) is 8.81. The Hall–Kier alpha value is -1.46. The molecule has 1 aliphatic carbocycles. The Bertz CT molecular complexity index is 556. The lowest BCUT2D eigenvalue weighted by molar-refractivity contribution is 0.0698. The van der Waals surface area contributed by atoms with E-state index < -0.39 is 12.0 Å². The highest BCUT2D eigenvalue weighted by molar-refractivity contribution is 6.37. The molecule has 0 aromatic heterocycles. The summed E-state index contributed by atoms with van der Waals surface area (Å²) in [4.78, 5) is 22.9. The Morgan fingerprint density at radius 3 is 2.47 bits per heavy atom. The van der Waals surface area contributed by atoms with Crippen LogP contribution in [0.25, 0.3) is 0 Å². The van der Waals surface area contributed by atoms with Crippen LogP contribution in [-0.4, -0.2) is 22.6 Å². The Labute approximate surface area is 119 Å². The molecule has 2 rings (SSSR count). The van der Waals surface area contributed by atoms with Gasteiger partial charge >= 0.3 is 12.0 Å². The summed E-state index contributed by atoms with van der Waals surface area (Å²) in [6.45, 7) is 1.91. The first-order valence-corrected chi connectivity index (χ1v) is 6.38. The maximum Gasteiger partial charge on any atom is 0.337 e. The van der Waals surface area contributed by atoms with Crippen molar-refractivity contribution in [3.63, 3.8) is 0 Å². The van der Waals surface area contributed by atoms with Crippen LogP contribution in [0.15, 0.2) is 12.1 Å². The van der Waals surface area contributed by atoms with Crippen molar-refractivity contribution in [3.05, 3.63) is 27.7 Å². The molecule has 5 nitrogen and oxygen atoms in total. The summed E-state index contributed by atoms with van der Waals surface area (Å²) in [5, 5.41) is 14.6. The lowest BCUT2D eigenvalue weighted by Crippen LogP contribution is -2.38. The van der Waals surface area contributed by atoms with E-state index in [1.54, 1.807) is 0 Å². The molecule has 19 heavy (non-hydrogen) atoms. The lowest BCUT2D eigenvalue weighted by atomic mass is 10.2. The molecule has 0 bridgehead atoms. The third-order valence-electron chi connectivity index (χ3n) is 2.94. The van der Waals surface area contributed by atoms with Crippen molar-refractivity contribution in [2.45, 2.75) is 25.3 Å². The Balaban J connectivity index is 2.23. The maximum atomic E-state index is 11.8. The number of carbonyl (C=O) groups excluding carboxylic acids is 1. The summed E-state index contributed by atoms with van der Waals surface area (Å²) in [5.74, 6) is -1.21. The number of nitrogens with one attached hydrogen (secondary N) is 2. The zero-order valence-electron chi connectivity index (χ0n) is 10.1. The molecule has 1 saturated carbocycles. The summed E-state index contributed by atoms with van der Waals surface area (Å²) in [6, 6.07) is 2.14. The molecular formula is C12H12Cl2N2O3. The number of carboxylic acid groups (broad SMARTS) is 1. The van der Waals surface area contributed by atoms with Crippen LogP contribution in [0.1, 0.15) is 30.1 Å². The number of hydrogen-bond acceptors (Lipinski definition) is 2. The number of aromatic carboxylic acids is 1. The second-order valence-corrected chi connectivity index (χ2v) is 5.60. The third kappa shape index (κ3) is 3.30. The number of hydrogen-bond donors (Lipinski definition) is 3. The van der Waals surface area contributed by atoms with Crippen molar-refractivity contribution in [2.75, 3.05) is 5.32 Å². The van der Waals surface area contributed by atoms with Gasteiger partial charge in [0, 0.05) is 10.6 Å². The van der Waals surface area contributed by atoms with Crippen molar-refractivity contribution in [2.24, 2.45) is 0 Å². The molecule has 1 fully saturated rings. The first kappa shape index (κ1) is 14.0. The average molecular weight is 303 g/mol. The van der Waals surface area contributed by atoms with E-state index in [0.717, 1.165) is 12.8 Å². The highest BCUT2D eigenvalue weighted by Crippen LogP contribution is 2.35. The van der Waals surface area contributed by atoms with Gasteiger partial charge in [0.05, 0.1) is 16.3 Å². The van der Waals surface area contributed by atoms with E-state index in [1.165, 1.54) is 12.1 Å². The van der Waals surface area contributed by atoms with Crippen LogP contribution < -0.4 is 10.6 Å². The van der Waals surface area contributed by atoms with Gasteiger partial charge in [0.25, 0.3) is 0 Å². The van der Waals surface area contributed by atoms with E-state index in [2.05, 4.69) is 10.6 Å². The van der Waals surface area contributed by atoms with Crippen LogP contribution in [0.4, 0.5) is 10.5 Å². The Morgan fingerprint density at radius 1 is 1.32 bits per heavy atom. The van der Waals surface area contributed by atoms with E-state index in [9.17, 15) is 9.59 Å². The zero-order valence-corrected chi connectivity index (χ0v) is 11.6. The molecule has 7 heteroatoms. The van der Waals surface area contributed by atoms with Gasteiger partial charge in [-0.2, -0.15) is 0 Å². The summed E-state index contributed by atoms with van der Waals surface area (Å²) >= 11 is 11.7. The summed E-state index contributed by atoms with van der Waals surface area (Å²) < 4.78 is 0. The predicted molar refractivity (Wildman–Crippen MR) is 73.2 cm³/mol. The smallest absolute Gasteiger partial charge is 0.337 e. The van der Waals surface area contributed by atoms with E-state index in [1.807, 2.05) is 6.92 Å². The monoisotopic (exact) mass is 302 g/mol. The van der Waals surface area contributed by atoms with Crippen molar-refractivity contribution in [1.82, 2.24) is 5.32 Å². The van der Waals surface area contributed by atoms with Crippen LogP contribution in [0.5, 0.6) is 0 Å². The topological polar surface area (TPSA) is 78.4 Å². The van der Waals surface area contributed by atoms with Gasteiger partial charge in [-0.25, -0.2) is 9.59 Å². The van der Waals surface area contributed by atoms with Gasteiger partial charge in [-0.05, 0) is 31.9 Å². The number of amides is 2. The summed E-state index contributed by atoms with van der Waals surface area (Å²) in [6.07, 6.45) is 1.81. The van der Waals surface area contributed by atoms with Crippen LogP contribution >= 0.6 is 23.2 Å².